The quantitative estimate of drug-likeness (QED) is 0.878. The Morgan fingerprint density at radius 1 is 1.12 bits per heavy atom. The third kappa shape index (κ3) is 3.31. The van der Waals surface area contributed by atoms with E-state index >= 15 is 0 Å². The molecule has 1 amide bonds. The van der Waals surface area contributed by atoms with Gasteiger partial charge in [-0.25, -0.2) is 0 Å². The average Bonchev–Trinajstić information content (AvgIpc) is 2.30. The number of nitrogens with one attached hydrogen (secondary N) is 1. The second-order valence-corrected chi connectivity index (χ2v) is 3.46. The van der Waals surface area contributed by atoms with E-state index in [1.807, 2.05) is 30.3 Å². The predicted octanol–water partition coefficient (Wildman–Crippen LogP) is 2.83. The lowest BCUT2D eigenvalue weighted by atomic mass is 10.3. The Bertz CT molecular complexity index is 512. The molecule has 17 heavy (non-hydrogen) atoms. The molecule has 0 aliphatic rings. The fraction of sp³-hybridized carbons (Fsp3) is 0.0769. The summed E-state index contributed by atoms with van der Waals surface area (Å²) in [4.78, 5) is 15.0. The van der Waals surface area contributed by atoms with E-state index < -0.39 is 0 Å². The zero-order valence-electron chi connectivity index (χ0n) is 9.38. The standard InChI is InChI=1S/C13H12N2O2/c1-10(16)14-12-8-5-9-13(15-12)17-11-6-3-2-4-7-11/h2-9H,1H3,(H,14,15,16). The van der Waals surface area contributed by atoms with Crippen molar-refractivity contribution >= 4 is 11.7 Å². The lowest BCUT2D eigenvalue weighted by molar-refractivity contribution is -0.114. The molecule has 0 atom stereocenters. The lowest BCUT2D eigenvalue weighted by Crippen LogP contribution is -2.07. The van der Waals surface area contributed by atoms with Crippen LogP contribution in [0.15, 0.2) is 48.5 Å². The summed E-state index contributed by atoms with van der Waals surface area (Å²) in [6, 6.07) is 14.6. The van der Waals surface area contributed by atoms with E-state index in [1.165, 1.54) is 6.92 Å². The highest BCUT2D eigenvalue weighted by molar-refractivity contribution is 5.87. The topological polar surface area (TPSA) is 51.2 Å². The summed E-state index contributed by atoms with van der Waals surface area (Å²) in [5, 5.41) is 2.60. The Balaban J connectivity index is 2.14. The van der Waals surface area contributed by atoms with E-state index in [2.05, 4.69) is 10.3 Å². The molecule has 0 aliphatic heterocycles. The van der Waals surface area contributed by atoms with Crippen molar-refractivity contribution in [1.82, 2.24) is 4.98 Å². The maximum Gasteiger partial charge on any atom is 0.222 e. The second-order valence-electron chi connectivity index (χ2n) is 3.46. The molecule has 0 radical (unpaired) electrons. The molecule has 0 saturated carbocycles. The van der Waals surface area contributed by atoms with Gasteiger partial charge >= 0.3 is 0 Å². The van der Waals surface area contributed by atoms with Crippen LogP contribution in [0.1, 0.15) is 6.92 Å². The fourth-order valence-corrected chi connectivity index (χ4v) is 1.33. The normalized spacial score (nSPS) is 9.71. The van der Waals surface area contributed by atoms with E-state index in [9.17, 15) is 4.79 Å². The molecule has 1 aromatic carbocycles. The largest absolute Gasteiger partial charge is 0.439 e. The first-order chi connectivity index (χ1) is 8.24. The Labute approximate surface area is 99.3 Å². The number of ether oxygens (including phenoxy) is 1. The Hall–Kier alpha value is -2.36. The number of para-hydroxylation sites is 1. The molecule has 86 valence electrons. The van der Waals surface area contributed by atoms with E-state index in [0.717, 1.165) is 0 Å². The zero-order chi connectivity index (χ0) is 12.1. The van der Waals surface area contributed by atoms with Crippen LogP contribution in [0.25, 0.3) is 0 Å². The van der Waals surface area contributed by atoms with Crippen molar-refractivity contribution in [2.24, 2.45) is 0 Å². The Morgan fingerprint density at radius 2 is 1.88 bits per heavy atom. The third-order valence-electron chi connectivity index (χ3n) is 1.99. The maximum atomic E-state index is 10.9. The summed E-state index contributed by atoms with van der Waals surface area (Å²) in [5.74, 6) is 1.47. The van der Waals surface area contributed by atoms with Gasteiger partial charge in [0.1, 0.15) is 11.6 Å². The number of carbonyl (C=O) groups excluding carboxylic acids is 1. The molecule has 0 spiro atoms. The highest BCUT2D eigenvalue weighted by Gasteiger charge is 2.01. The minimum Gasteiger partial charge on any atom is -0.439 e. The third-order valence-corrected chi connectivity index (χ3v) is 1.99. The van der Waals surface area contributed by atoms with Gasteiger partial charge in [0.25, 0.3) is 0 Å². The summed E-state index contributed by atoms with van der Waals surface area (Å²) in [6.45, 7) is 1.44. The van der Waals surface area contributed by atoms with Crippen LogP contribution < -0.4 is 10.1 Å². The van der Waals surface area contributed by atoms with Crippen molar-refractivity contribution in [1.29, 1.82) is 0 Å². The molecule has 0 unspecified atom stereocenters. The minimum absolute atomic E-state index is 0.158. The van der Waals surface area contributed by atoms with Crippen molar-refractivity contribution in [3.63, 3.8) is 0 Å². The predicted molar refractivity (Wildman–Crippen MR) is 65.1 cm³/mol. The van der Waals surface area contributed by atoms with Crippen molar-refractivity contribution in [3.05, 3.63) is 48.5 Å². The first kappa shape index (κ1) is 11.1. The van der Waals surface area contributed by atoms with E-state index in [-0.39, 0.29) is 5.91 Å². The lowest BCUT2D eigenvalue weighted by Gasteiger charge is -2.06. The van der Waals surface area contributed by atoms with Crippen LogP contribution in [0.4, 0.5) is 5.82 Å². The zero-order valence-corrected chi connectivity index (χ0v) is 9.38. The van der Waals surface area contributed by atoms with Crippen LogP contribution >= 0.6 is 0 Å². The molecule has 0 fully saturated rings. The van der Waals surface area contributed by atoms with Crippen LogP contribution in [-0.4, -0.2) is 10.9 Å². The Morgan fingerprint density at radius 3 is 2.59 bits per heavy atom. The second kappa shape index (κ2) is 5.12. The number of aromatic nitrogens is 1. The van der Waals surface area contributed by atoms with Crippen LogP contribution in [-0.2, 0) is 4.79 Å². The van der Waals surface area contributed by atoms with Gasteiger partial charge in [-0.05, 0) is 18.2 Å². The van der Waals surface area contributed by atoms with Crippen LogP contribution in [0.5, 0.6) is 11.6 Å². The van der Waals surface area contributed by atoms with E-state index in [4.69, 9.17) is 4.74 Å². The summed E-state index contributed by atoms with van der Waals surface area (Å²) >= 11 is 0. The molecule has 2 rings (SSSR count). The number of hydrogen-bond acceptors (Lipinski definition) is 3. The molecular weight excluding hydrogens is 216 g/mol. The molecule has 1 heterocycles. The summed E-state index contributed by atoms with van der Waals surface area (Å²) in [5.41, 5.74) is 0. The summed E-state index contributed by atoms with van der Waals surface area (Å²) in [6.07, 6.45) is 0. The molecule has 4 nitrogen and oxygen atoms in total. The van der Waals surface area contributed by atoms with Gasteiger partial charge in [0.05, 0.1) is 0 Å². The van der Waals surface area contributed by atoms with Crippen molar-refractivity contribution < 1.29 is 9.53 Å². The number of carbonyl (C=O) groups is 1. The van der Waals surface area contributed by atoms with E-state index in [1.54, 1.807) is 18.2 Å². The molecule has 0 aliphatic carbocycles. The summed E-state index contributed by atoms with van der Waals surface area (Å²) in [7, 11) is 0. The van der Waals surface area contributed by atoms with Gasteiger partial charge in [0, 0.05) is 13.0 Å². The van der Waals surface area contributed by atoms with E-state index in [0.29, 0.717) is 17.4 Å². The first-order valence-electron chi connectivity index (χ1n) is 5.21. The molecule has 0 saturated heterocycles. The van der Waals surface area contributed by atoms with Gasteiger partial charge in [-0.1, -0.05) is 24.3 Å². The van der Waals surface area contributed by atoms with Crippen LogP contribution in [0.3, 0.4) is 0 Å². The highest BCUT2D eigenvalue weighted by atomic mass is 16.5. The molecule has 2 aromatic rings. The van der Waals surface area contributed by atoms with Crippen LogP contribution in [0.2, 0.25) is 0 Å². The number of benzene rings is 1. The van der Waals surface area contributed by atoms with Gasteiger partial charge in [-0.15, -0.1) is 0 Å². The number of rotatable bonds is 3. The first-order valence-corrected chi connectivity index (χ1v) is 5.21. The molecule has 1 aromatic heterocycles. The van der Waals surface area contributed by atoms with Gasteiger partial charge in [-0.2, -0.15) is 4.98 Å². The average molecular weight is 228 g/mol. The van der Waals surface area contributed by atoms with Gasteiger partial charge in [0.2, 0.25) is 11.8 Å². The van der Waals surface area contributed by atoms with Crippen LogP contribution in [0, 0.1) is 0 Å². The van der Waals surface area contributed by atoms with Crippen molar-refractivity contribution in [2.45, 2.75) is 6.92 Å². The number of anilines is 1. The monoisotopic (exact) mass is 228 g/mol. The Kier molecular flexibility index (Phi) is 3.35. The molecule has 1 N–H and O–H groups in total. The number of pyridine rings is 1. The highest BCUT2D eigenvalue weighted by Crippen LogP contribution is 2.19. The number of amides is 1. The fourth-order valence-electron chi connectivity index (χ4n) is 1.33. The smallest absolute Gasteiger partial charge is 0.222 e. The van der Waals surface area contributed by atoms with Crippen molar-refractivity contribution in [3.8, 4) is 11.6 Å². The number of nitrogens with zero attached hydrogens (tertiary/aromatic N) is 1. The minimum atomic E-state index is -0.158. The van der Waals surface area contributed by atoms with Crippen molar-refractivity contribution in [2.75, 3.05) is 5.32 Å². The SMILES string of the molecule is CC(=O)Nc1cccc(Oc2ccccc2)n1. The molecule has 4 heteroatoms. The summed E-state index contributed by atoms with van der Waals surface area (Å²) < 4.78 is 5.54. The van der Waals surface area contributed by atoms with Gasteiger partial charge < -0.3 is 10.1 Å². The van der Waals surface area contributed by atoms with Gasteiger partial charge in [0.15, 0.2) is 0 Å². The number of hydrogen-bond donors (Lipinski definition) is 1. The molecular formula is C13H12N2O2. The van der Waals surface area contributed by atoms with Gasteiger partial charge in [-0.3, -0.25) is 4.79 Å². The maximum absolute atomic E-state index is 10.9. The molecule has 0 bridgehead atoms.